The van der Waals surface area contributed by atoms with E-state index in [0.29, 0.717) is 30.8 Å². The second-order valence-electron chi connectivity index (χ2n) is 10.2. The Labute approximate surface area is 222 Å². The van der Waals surface area contributed by atoms with Crippen molar-refractivity contribution in [1.29, 1.82) is 0 Å². The van der Waals surface area contributed by atoms with Crippen LogP contribution in [0.3, 0.4) is 0 Å². The van der Waals surface area contributed by atoms with Crippen LogP contribution in [0, 0.1) is 11.8 Å². The average molecular weight is 529 g/mol. The van der Waals surface area contributed by atoms with Gasteiger partial charge in [-0.15, -0.1) is 6.58 Å². The van der Waals surface area contributed by atoms with Crippen LogP contribution in [0.25, 0.3) is 0 Å². The summed E-state index contributed by atoms with van der Waals surface area (Å²) in [5.41, 5.74) is 2.17. The summed E-state index contributed by atoms with van der Waals surface area (Å²) in [4.78, 5) is 36.9. The van der Waals surface area contributed by atoms with Crippen LogP contribution in [0.4, 0.5) is 0 Å². The third-order valence-electron chi connectivity index (χ3n) is 5.65. The number of benzene rings is 2. The zero-order valence-corrected chi connectivity index (χ0v) is 23.5. The lowest BCUT2D eigenvalue weighted by Crippen LogP contribution is -2.22. The second-order valence-corrected chi connectivity index (χ2v) is 14.8. The Kier molecular flexibility index (Phi) is 11.9. The van der Waals surface area contributed by atoms with Gasteiger partial charge in [0.15, 0.2) is 0 Å². The van der Waals surface area contributed by atoms with Crippen LogP contribution in [0.2, 0.25) is 0 Å². The van der Waals surface area contributed by atoms with Gasteiger partial charge in [0, 0.05) is 5.75 Å². The Bertz CT molecular complexity index is 1040. The van der Waals surface area contributed by atoms with Crippen molar-refractivity contribution >= 4 is 27.9 Å². The van der Waals surface area contributed by atoms with E-state index in [2.05, 4.69) is 25.3 Å². The fraction of sp³-hybridized carbons (Fsp3) is 0.433. The lowest BCUT2D eigenvalue weighted by Gasteiger charge is -2.25. The summed E-state index contributed by atoms with van der Waals surface area (Å²) in [5.74, 6) is -0.0397. The lowest BCUT2D eigenvalue weighted by atomic mass is 9.94. The van der Waals surface area contributed by atoms with E-state index in [1.54, 1.807) is 50.2 Å². The Morgan fingerprint density at radius 1 is 0.892 bits per heavy atom. The molecule has 0 aliphatic rings. The van der Waals surface area contributed by atoms with E-state index in [1.807, 2.05) is 18.2 Å². The zero-order valence-electron chi connectivity index (χ0n) is 22.7. The average Bonchev–Trinajstić information content (AvgIpc) is 2.85. The van der Waals surface area contributed by atoms with Gasteiger partial charge >= 0.3 is 17.9 Å². The topological polar surface area (TPSA) is 78.9 Å². The molecule has 0 saturated heterocycles. The molecule has 0 fully saturated rings. The molecule has 2 aromatic rings. The highest BCUT2D eigenvalue weighted by molar-refractivity contribution is 8.32. The predicted octanol–water partition coefficient (Wildman–Crippen LogP) is 5.97. The van der Waals surface area contributed by atoms with Crippen molar-refractivity contribution in [2.75, 3.05) is 31.1 Å². The maximum atomic E-state index is 12.7. The summed E-state index contributed by atoms with van der Waals surface area (Å²) in [6.45, 7) is 7.85. The van der Waals surface area contributed by atoms with E-state index < -0.39 is 16.0 Å². The smallest absolute Gasteiger partial charge is 0.338 e. The Balaban J connectivity index is 1.90. The molecule has 0 amide bonds. The lowest BCUT2D eigenvalue weighted by molar-refractivity contribution is -0.148. The molecule has 0 spiro atoms. The number of rotatable bonds is 14. The Morgan fingerprint density at radius 2 is 1.51 bits per heavy atom. The van der Waals surface area contributed by atoms with Gasteiger partial charge in [-0.1, -0.05) is 44.2 Å². The van der Waals surface area contributed by atoms with Gasteiger partial charge in [-0.3, -0.25) is 9.59 Å². The molecular formula is C30H40O6S. The summed E-state index contributed by atoms with van der Waals surface area (Å²) in [6.07, 6.45) is 10.4. The third-order valence-corrected chi connectivity index (χ3v) is 7.04. The molecule has 7 heteroatoms. The minimum absolute atomic E-state index is 0.102. The van der Waals surface area contributed by atoms with E-state index in [-0.39, 0.29) is 30.4 Å². The van der Waals surface area contributed by atoms with Crippen LogP contribution < -0.4 is 4.74 Å². The SMILES string of the molecule is C=CCCC(Cc1ccc(C(=O)OCc2ccc(OC(=O)C(C)C)cc2)cc1)C(=O)OCCS(C)(C)C. The van der Waals surface area contributed by atoms with Crippen molar-refractivity contribution < 1.29 is 28.6 Å². The summed E-state index contributed by atoms with van der Waals surface area (Å²) >= 11 is 0. The van der Waals surface area contributed by atoms with Gasteiger partial charge < -0.3 is 14.2 Å². The molecule has 1 unspecified atom stereocenters. The van der Waals surface area contributed by atoms with Gasteiger partial charge in [-0.25, -0.2) is 14.8 Å². The van der Waals surface area contributed by atoms with Crippen LogP contribution in [-0.4, -0.2) is 49.0 Å². The molecule has 2 aromatic carbocycles. The molecule has 6 nitrogen and oxygen atoms in total. The molecule has 0 heterocycles. The number of allylic oxidation sites excluding steroid dienone is 1. The fourth-order valence-corrected chi connectivity index (χ4v) is 3.90. The molecule has 0 N–H and O–H groups in total. The molecule has 37 heavy (non-hydrogen) atoms. The first-order valence-corrected chi connectivity index (χ1v) is 15.5. The fourth-order valence-electron chi connectivity index (χ4n) is 3.31. The van der Waals surface area contributed by atoms with E-state index >= 15 is 0 Å². The minimum atomic E-state index is -0.721. The van der Waals surface area contributed by atoms with E-state index in [4.69, 9.17) is 14.2 Å². The Hall–Kier alpha value is -3.06. The molecule has 0 bridgehead atoms. The third kappa shape index (κ3) is 11.3. The summed E-state index contributed by atoms with van der Waals surface area (Å²) in [5, 5.41) is 0. The van der Waals surface area contributed by atoms with Gasteiger partial charge in [-0.2, -0.15) is 0 Å². The van der Waals surface area contributed by atoms with Crippen molar-refractivity contribution in [3.05, 3.63) is 77.9 Å². The molecule has 0 aromatic heterocycles. The molecule has 0 aliphatic heterocycles. The van der Waals surface area contributed by atoms with Gasteiger partial charge in [-0.05, 0) is 73.4 Å². The highest BCUT2D eigenvalue weighted by Crippen LogP contribution is 2.33. The van der Waals surface area contributed by atoms with E-state index in [1.165, 1.54) is 0 Å². The molecular weight excluding hydrogens is 488 g/mol. The summed E-state index contributed by atoms with van der Waals surface area (Å²) in [6, 6.07) is 14.0. The van der Waals surface area contributed by atoms with Gasteiger partial charge in [0.1, 0.15) is 12.4 Å². The second kappa shape index (κ2) is 14.6. The monoisotopic (exact) mass is 528 g/mol. The Morgan fingerprint density at radius 3 is 2.08 bits per heavy atom. The van der Waals surface area contributed by atoms with E-state index in [9.17, 15) is 14.4 Å². The number of hydrogen-bond donors (Lipinski definition) is 0. The first kappa shape index (κ1) is 30.2. The van der Waals surface area contributed by atoms with Crippen molar-refractivity contribution in [1.82, 2.24) is 0 Å². The quantitative estimate of drug-likeness (QED) is 0.171. The van der Waals surface area contributed by atoms with Crippen molar-refractivity contribution in [2.45, 2.75) is 39.7 Å². The molecule has 0 aliphatic carbocycles. The van der Waals surface area contributed by atoms with Crippen LogP contribution in [0.1, 0.15) is 48.2 Å². The van der Waals surface area contributed by atoms with Crippen molar-refractivity contribution in [2.24, 2.45) is 11.8 Å². The number of hydrogen-bond acceptors (Lipinski definition) is 6. The maximum absolute atomic E-state index is 12.7. The van der Waals surface area contributed by atoms with Crippen LogP contribution >= 0.6 is 10.0 Å². The predicted molar refractivity (Wildman–Crippen MR) is 150 cm³/mol. The van der Waals surface area contributed by atoms with Crippen molar-refractivity contribution in [3.63, 3.8) is 0 Å². The molecule has 2 rings (SSSR count). The summed E-state index contributed by atoms with van der Waals surface area (Å²) < 4.78 is 16.3. The minimum Gasteiger partial charge on any atom is -0.465 e. The number of carbonyl (C=O) groups excluding carboxylic acids is 3. The molecule has 0 radical (unpaired) electrons. The summed E-state index contributed by atoms with van der Waals surface area (Å²) in [7, 11) is -0.721. The standard InChI is InChI=1S/C30H40O6S/c1-7-8-9-26(30(33)34-18-19-37(4,5)6)20-23-10-14-25(15-11-23)29(32)35-21-24-12-16-27(17-13-24)36-28(31)22(2)3/h7,10-17,22,26H,1,8-9,18-21H2,2-6H3. The number of esters is 3. The van der Waals surface area contributed by atoms with Crippen LogP contribution in [-0.2, 0) is 32.1 Å². The number of carbonyl (C=O) groups is 3. The van der Waals surface area contributed by atoms with Gasteiger partial charge in [0.05, 0.1) is 24.0 Å². The normalized spacial score (nSPS) is 12.5. The molecule has 202 valence electrons. The van der Waals surface area contributed by atoms with Gasteiger partial charge in [0.25, 0.3) is 0 Å². The van der Waals surface area contributed by atoms with E-state index in [0.717, 1.165) is 23.3 Å². The first-order valence-electron chi connectivity index (χ1n) is 12.5. The van der Waals surface area contributed by atoms with Crippen LogP contribution in [0.5, 0.6) is 5.75 Å². The highest BCUT2D eigenvalue weighted by atomic mass is 32.3. The maximum Gasteiger partial charge on any atom is 0.338 e. The highest BCUT2D eigenvalue weighted by Gasteiger charge is 2.21. The number of ether oxygens (including phenoxy) is 3. The van der Waals surface area contributed by atoms with Gasteiger partial charge in [0.2, 0.25) is 0 Å². The molecule has 1 atom stereocenters. The zero-order chi connectivity index (χ0) is 27.4. The largest absolute Gasteiger partial charge is 0.465 e. The van der Waals surface area contributed by atoms with Crippen molar-refractivity contribution in [3.8, 4) is 5.75 Å². The first-order chi connectivity index (χ1) is 17.5. The van der Waals surface area contributed by atoms with Crippen LogP contribution in [0.15, 0.2) is 61.2 Å². The molecule has 0 saturated carbocycles.